The molecule has 1 aliphatic heterocycles. The molecule has 0 bridgehead atoms. The molecule has 0 aromatic heterocycles. The van der Waals surface area contributed by atoms with E-state index in [1.165, 1.54) is 16.0 Å². The van der Waals surface area contributed by atoms with Gasteiger partial charge < -0.3 is 14.4 Å². The molecule has 2 aliphatic rings. The van der Waals surface area contributed by atoms with Crippen LogP contribution in [-0.4, -0.2) is 37.5 Å². The first-order valence-corrected chi connectivity index (χ1v) is 12.0. The van der Waals surface area contributed by atoms with Crippen LogP contribution in [0, 0.1) is 0 Å². The quantitative estimate of drug-likeness (QED) is 0.750. The Bertz CT molecular complexity index is 710. The minimum Gasteiger partial charge on any atom is -0.546 e. The topological polar surface area (TPSA) is 49.8 Å². The van der Waals surface area contributed by atoms with Gasteiger partial charge >= 0.3 is 6.09 Å². The molecule has 0 saturated carbocycles. The molecule has 1 aliphatic carbocycles. The summed E-state index contributed by atoms with van der Waals surface area (Å²) in [6, 6.07) is 8.46. The van der Waals surface area contributed by atoms with E-state index in [0.717, 1.165) is 18.6 Å². The molecular formula is C20H29NO3Si. The Morgan fingerprint density at radius 2 is 1.80 bits per heavy atom. The summed E-state index contributed by atoms with van der Waals surface area (Å²) in [5, 5.41) is 9.44. The number of hydrogen-bond acceptors (Lipinski definition) is 2. The molecule has 1 N–H and O–H groups in total. The fourth-order valence-electron chi connectivity index (χ4n) is 3.62. The van der Waals surface area contributed by atoms with Gasteiger partial charge in [-0.1, -0.05) is 45.0 Å². The van der Waals surface area contributed by atoms with Crippen molar-refractivity contribution in [1.29, 1.82) is 0 Å². The number of rotatable bonds is 2. The van der Waals surface area contributed by atoms with Crippen molar-refractivity contribution in [1.82, 2.24) is 4.90 Å². The number of nitrogens with zero attached hydrogens (tertiary/aromatic N) is 1. The number of carboxylic acid groups (broad SMARTS) is 1. The van der Waals surface area contributed by atoms with E-state index in [0.29, 0.717) is 13.1 Å². The van der Waals surface area contributed by atoms with Crippen LogP contribution >= 0.6 is 0 Å². The van der Waals surface area contributed by atoms with Gasteiger partial charge in [-0.2, -0.15) is 0 Å². The first-order valence-electron chi connectivity index (χ1n) is 9.05. The second-order valence-corrected chi connectivity index (χ2v) is 13.5. The second-order valence-electron chi connectivity index (χ2n) is 8.81. The monoisotopic (exact) mass is 359 g/mol. The molecule has 25 heavy (non-hydrogen) atoms. The third-order valence-electron chi connectivity index (χ3n) is 6.29. The molecule has 1 heterocycles. The minimum absolute atomic E-state index is 0.131. The van der Waals surface area contributed by atoms with Crippen molar-refractivity contribution < 1.29 is 14.3 Å². The number of hydrogen-bond donors (Lipinski definition) is 1. The highest BCUT2D eigenvalue weighted by Crippen LogP contribution is 2.51. The lowest BCUT2D eigenvalue weighted by atomic mass is 9.73. The molecule has 1 saturated heterocycles. The van der Waals surface area contributed by atoms with Gasteiger partial charge in [0.05, 0.1) is 11.2 Å². The number of likely N-dealkylation sites (tertiary alicyclic amines) is 1. The molecule has 0 unspecified atom stereocenters. The fourth-order valence-corrected chi connectivity index (χ4v) is 4.73. The van der Waals surface area contributed by atoms with Crippen LogP contribution in [0.15, 0.2) is 30.0 Å². The molecule has 1 amide bonds. The summed E-state index contributed by atoms with van der Waals surface area (Å²) >= 11 is 0. The van der Waals surface area contributed by atoms with Gasteiger partial charge in [-0.3, -0.25) is 0 Å². The van der Waals surface area contributed by atoms with Crippen molar-refractivity contribution in [3.63, 3.8) is 0 Å². The predicted molar refractivity (Wildman–Crippen MR) is 103 cm³/mol. The molecule has 1 fully saturated rings. The molecule has 0 atom stereocenters. The van der Waals surface area contributed by atoms with Crippen LogP contribution in [0.25, 0.3) is 6.08 Å². The van der Waals surface area contributed by atoms with Crippen molar-refractivity contribution >= 4 is 20.5 Å². The summed E-state index contributed by atoms with van der Waals surface area (Å²) in [6.45, 7) is 12.4. The van der Waals surface area contributed by atoms with E-state index in [1.54, 1.807) is 0 Å². The summed E-state index contributed by atoms with van der Waals surface area (Å²) in [5.74, 6) is 1.06. The highest BCUT2D eigenvalue weighted by atomic mass is 28.4. The van der Waals surface area contributed by atoms with Gasteiger partial charge in [0.25, 0.3) is 0 Å². The predicted octanol–water partition coefficient (Wildman–Crippen LogP) is 5.07. The average Bonchev–Trinajstić information content (AvgIpc) is 2.80. The van der Waals surface area contributed by atoms with E-state index in [4.69, 9.17) is 4.43 Å². The van der Waals surface area contributed by atoms with Crippen LogP contribution in [0.5, 0.6) is 0 Å². The zero-order chi connectivity index (χ0) is 18.5. The first-order chi connectivity index (χ1) is 11.6. The minimum atomic E-state index is -1.96. The van der Waals surface area contributed by atoms with Crippen LogP contribution in [-0.2, 0) is 9.84 Å². The lowest BCUT2D eigenvalue weighted by Crippen LogP contribution is -2.48. The lowest BCUT2D eigenvalue weighted by Gasteiger charge is -2.45. The van der Waals surface area contributed by atoms with Crippen molar-refractivity contribution in [2.45, 2.75) is 57.2 Å². The zero-order valence-corrected chi connectivity index (χ0v) is 16.9. The third-order valence-corrected chi connectivity index (χ3v) is 10.6. The smallest absolute Gasteiger partial charge is 0.407 e. The van der Waals surface area contributed by atoms with Gasteiger partial charge in [0.1, 0.15) is 0 Å². The van der Waals surface area contributed by atoms with Crippen molar-refractivity contribution in [3.05, 3.63) is 41.2 Å². The number of amides is 1. The van der Waals surface area contributed by atoms with Gasteiger partial charge in [-0.05, 0) is 48.2 Å². The van der Waals surface area contributed by atoms with Crippen molar-refractivity contribution in [2.24, 2.45) is 0 Å². The number of piperidine rings is 1. The molecular weight excluding hydrogens is 330 g/mol. The van der Waals surface area contributed by atoms with E-state index in [-0.39, 0.29) is 10.5 Å². The van der Waals surface area contributed by atoms with Crippen molar-refractivity contribution in [2.75, 3.05) is 13.1 Å². The zero-order valence-electron chi connectivity index (χ0n) is 15.9. The standard InChI is InChI=1S/C20H29NO3Si/c1-19(2,3)25(4,5)24-17-14-15-8-6-7-9-16(15)20(17)10-12-21(13-11-20)18(22)23/h6-9,14H,10-13H2,1-5H3,(H,22,23). The van der Waals surface area contributed by atoms with E-state index in [9.17, 15) is 9.90 Å². The number of carbonyl (C=O) groups is 1. The van der Waals surface area contributed by atoms with Gasteiger partial charge in [0.15, 0.2) is 0 Å². The largest absolute Gasteiger partial charge is 0.546 e. The van der Waals surface area contributed by atoms with Crippen molar-refractivity contribution in [3.8, 4) is 0 Å². The molecule has 1 aromatic carbocycles. The molecule has 4 nitrogen and oxygen atoms in total. The molecule has 5 heteroatoms. The third kappa shape index (κ3) is 2.99. The van der Waals surface area contributed by atoms with E-state index < -0.39 is 14.4 Å². The number of allylic oxidation sites excluding steroid dienone is 1. The highest BCUT2D eigenvalue weighted by Gasteiger charge is 2.49. The maximum absolute atomic E-state index is 11.3. The summed E-state index contributed by atoms with van der Waals surface area (Å²) < 4.78 is 6.77. The molecule has 136 valence electrons. The Morgan fingerprint density at radius 1 is 1.20 bits per heavy atom. The van der Waals surface area contributed by atoms with Gasteiger partial charge in [-0.15, -0.1) is 0 Å². The Labute approximate surface area is 151 Å². The lowest BCUT2D eigenvalue weighted by molar-refractivity contribution is 0.114. The van der Waals surface area contributed by atoms with Gasteiger partial charge in [-0.25, -0.2) is 4.79 Å². The molecule has 0 radical (unpaired) electrons. The number of fused-ring (bicyclic) bond motifs is 2. The van der Waals surface area contributed by atoms with Crippen LogP contribution in [0.4, 0.5) is 4.79 Å². The van der Waals surface area contributed by atoms with Crippen LogP contribution in [0.2, 0.25) is 18.1 Å². The van der Waals surface area contributed by atoms with Crippen LogP contribution < -0.4 is 0 Å². The summed E-state index contributed by atoms with van der Waals surface area (Å²) in [7, 11) is -1.96. The van der Waals surface area contributed by atoms with Crippen LogP contribution in [0.3, 0.4) is 0 Å². The Hall–Kier alpha value is -1.75. The van der Waals surface area contributed by atoms with E-state index in [1.807, 2.05) is 0 Å². The Kier molecular flexibility index (Phi) is 4.26. The molecule has 3 rings (SSSR count). The Morgan fingerprint density at radius 3 is 2.36 bits per heavy atom. The average molecular weight is 360 g/mol. The van der Waals surface area contributed by atoms with E-state index >= 15 is 0 Å². The molecule has 1 spiro atoms. The molecule has 1 aromatic rings. The first kappa shape index (κ1) is 18.1. The Balaban J connectivity index is 1.96. The van der Waals surface area contributed by atoms with E-state index in [2.05, 4.69) is 64.2 Å². The normalized spacial score (nSPS) is 19.6. The summed E-state index contributed by atoms with van der Waals surface area (Å²) in [5.41, 5.74) is 2.35. The maximum atomic E-state index is 11.3. The summed E-state index contributed by atoms with van der Waals surface area (Å²) in [6.07, 6.45) is 2.96. The number of benzene rings is 1. The van der Waals surface area contributed by atoms with Gasteiger partial charge in [0, 0.05) is 13.1 Å². The summed E-state index contributed by atoms with van der Waals surface area (Å²) in [4.78, 5) is 12.9. The van der Waals surface area contributed by atoms with Crippen LogP contribution in [0.1, 0.15) is 44.7 Å². The maximum Gasteiger partial charge on any atom is 0.407 e. The highest BCUT2D eigenvalue weighted by molar-refractivity contribution is 6.74. The fraction of sp³-hybridized carbons (Fsp3) is 0.550. The second kappa shape index (κ2) is 5.90. The van der Waals surface area contributed by atoms with Gasteiger partial charge in [0.2, 0.25) is 8.32 Å². The SMILES string of the molecule is CC(C)(C)[Si](C)(C)OC1=Cc2ccccc2C12CCN(C(=O)O)CC2.